The van der Waals surface area contributed by atoms with E-state index in [0.717, 1.165) is 12.8 Å². The zero-order valence-corrected chi connectivity index (χ0v) is 12.1. The Labute approximate surface area is 129 Å². The molecule has 0 spiro atoms. The van der Waals surface area contributed by atoms with E-state index >= 15 is 0 Å². The molecular formula is C8H17CoKO2. The van der Waals surface area contributed by atoms with Crippen LogP contribution in [0.1, 0.15) is 46.9 Å². The fourth-order valence-electron chi connectivity index (χ4n) is 0.880. The Morgan fingerprint density at radius 1 is 1.25 bits per heavy atom. The van der Waals surface area contributed by atoms with Crippen LogP contribution in [-0.2, 0) is 21.6 Å². The average molecular weight is 243 g/mol. The van der Waals surface area contributed by atoms with Crippen LogP contribution in [-0.4, -0.2) is 11.1 Å². The van der Waals surface area contributed by atoms with E-state index in [-0.39, 0.29) is 69.6 Å². The van der Waals surface area contributed by atoms with Crippen molar-refractivity contribution in [3.05, 3.63) is 0 Å². The average Bonchev–Trinajstić information content (AvgIpc) is 1.87. The number of carbonyl (C=O) groups is 1. The fraction of sp³-hybridized carbons (Fsp3) is 0.875. The summed E-state index contributed by atoms with van der Waals surface area (Å²) >= 11 is 0. The van der Waals surface area contributed by atoms with Crippen LogP contribution >= 0.6 is 0 Å². The second-order valence-electron chi connectivity index (χ2n) is 2.56. The molecule has 0 saturated carbocycles. The van der Waals surface area contributed by atoms with Gasteiger partial charge < -0.3 is 6.53 Å². The van der Waals surface area contributed by atoms with Crippen LogP contribution in [0.4, 0.5) is 0 Å². The van der Waals surface area contributed by atoms with Crippen LogP contribution in [0.5, 0.6) is 0 Å². The van der Waals surface area contributed by atoms with Crippen LogP contribution in [0.25, 0.3) is 0 Å². The summed E-state index contributed by atoms with van der Waals surface area (Å²) in [6, 6.07) is 0. The first-order valence-corrected chi connectivity index (χ1v) is 3.99. The van der Waals surface area contributed by atoms with Gasteiger partial charge in [0.1, 0.15) is 0 Å². The maximum Gasteiger partial charge on any atom is 1.00 e. The summed E-state index contributed by atoms with van der Waals surface area (Å²) in [7, 11) is 0. The Balaban J connectivity index is -0.000000135. The molecule has 0 bridgehead atoms. The van der Waals surface area contributed by atoms with Gasteiger partial charge in [-0.1, -0.05) is 32.6 Å². The maximum absolute atomic E-state index is 10.0. The molecule has 0 aromatic carbocycles. The van der Waals surface area contributed by atoms with Crippen LogP contribution < -0.4 is 51.4 Å². The van der Waals surface area contributed by atoms with Crippen molar-refractivity contribution in [3.8, 4) is 0 Å². The Hall–Kier alpha value is 1.61. The molecule has 0 aliphatic rings. The van der Waals surface area contributed by atoms with Crippen LogP contribution in [0.15, 0.2) is 0 Å². The van der Waals surface area contributed by atoms with Crippen molar-refractivity contribution >= 4 is 5.97 Å². The number of carboxylic acid groups (broad SMARTS) is 1. The molecule has 0 heterocycles. The Kier molecular flexibility index (Phi) is 24.2. The minimum Gasteiger partial charge on any atom is -1.00 e. The third-order valence-corrected chi connectivity index (χ3v) is 1.49. The van der Waals surface area contributed by atoms with E-state index in [0.29, 0.717) is 6.42 Å². The summed E-state index contributed by atoms with van der Waals surface area (Å²) in [6.07, 6.45) is 5.88. The summed E-state index contributed by atoms with van der Waals surface area (Å²) in [4.78, 5) is 10.0. The van der Waals surface area contributed by atoms with Gasteiger partial charge >= 0.3 is 57.4 Å². The summed E-state index contributed by atoms with van der Waals surface area (Å²) in [5.41, 5.74) is 0. The standard InChI is InChI=1S/C8H16O2.Co.K.H/c1-2-3-4-5-6-7-8(9)10;;;/h2-7H2,1H3,(H,9,10);;;/q;;+1;-1. The number of hydrogen-bond donors (Lipinski definition) is 1. The normalized spacial score (nSPS) is 8.08. The van der Waals surface area contributed by atoms with Crippen molar-refractivity contribution in [1.29, 1.82) is 0 Å². The van der Waals surface area contributed by atoms with E-state index in [1.54, 1.807) is 0 Å². The maximum atomic E-state index is 10.0. The molecule has 1 radical (unpaired) electrons. The minimum absolute atomic E-state index is 0. The monoisotopic (exact) mass is 243 g/mol. The molecule has 0 rings (SSSR count). The molecule has 4 heteroatoms. The summed E-state index contributed by atoms with van der Waals surface area (Å²) in [5.74, 6) is -0.670. The second kappa shape index (κ2) is 15.1. The quantitative estimate of drug-likeness (QED) is 0.506. The Bertz CT molecular complexity index is 104. The van der Waals surface area contributed by atoms with E-state index in [9.17, 15) is 4.79 Å². The molecule has 2 nitrogen and oxygen atoms in total. The van der Waals surface area contributed by atoms with Gasteiger partial charge in [0.15, 0.2) is 0 Å². The van der Waals surface area contributed by atoms with E-state index < -0.39 is 5.97 Å². The van der Waals surface area contributed by atoms with Crippen molar-refractivity contribution in [2.75, 3.05) is 0 Å². The van der Waals surface area contributed by atoms with E-state index in [1.807, 2.05) is 0 Å². The first kappa shape index (κ1) is 19.2. The third-order valence-electron chi connectivity index (χ3n) is 1.49. The molecule has 71 valence electrons. The molecule has 0 aromatic heterocycles. The molecule has 0 aliphatic carbocycles. The van der Waals surface area contributed by atoms with Crippen molar-refractivity contribution in [2.24, 2.45) is 0 Å². The van der Waals surface area contributed by atoms with Gasteiger partial charge in [-0.2, -0.15) is 0 Å². The van der Waals surface area contributed by atoms with Crippen molar-refractivity contribution in [3.63, 3.8) is 0 Å². The van der Waals surface area contributed by atoms with Crippen LogP contribution in [0, 0.1) is 0 Å². The van der Waals surface area contributed by atoms with E-state index in [4.69, 9.17) is 5.11 Å². The smallest absolute Gasteiger partial charge is 1.00 e. The number of unbranched alkanes of at least 4 members (excludes halogenated alkanes) is 4. The molecule has 0 atom stereocenters. The van der Waals surface area contributed by atoms with Gasteiger partial charge in [0, 0.05) is 23.2 Å². The summed E-state index contributed by atoms with van der Waals surface area (Å²) in [5, 5.41) is 8.27. The molecule has 0 saturated heterocycles. The van der Waals surface area contributed by atoms with Gasteiger partial charge in [-0.05, 0) is 6.42 Å². The topological polar surface area (TPSA) is 37.3 Å². The zero-order valence-electron chi connectivity index (χ0n) is 8.93. The number of carboxylic acids is 1. The molecule has 0 unspecified atom stereocenters. The van der Waals surface area contributed by atoms with Gasteiger partial charge in [-0.25, -0.2) is 0 Å². The summed E-state index contributed by atoms with van der Waals surface area (Å²) in [6.45, 7) is 2.15. The molecular weight excluding hydrogens is 226 g/mol. The third kappa shape index (κ3) is 17.6. The molecule has 1 N–H and O–H groups in total. The number of hydrogen-bond acceptors (Lipinski definition) is 1. The number of rotatable bonds is 6. The second-order valence-corrected chi connectivity index (χ2v) is 2.56. The van der Waals surface area contributed by atoms with Crippen molar-refractivity contribution in [1.82, 2.24) is 0 Å². The molecule has 0 fully saturated rings. The Morgan fingerprint density at radius 2 is 1.75 bits per heavy atom. The predicted octanol–water partition coefficient (Wildman–Crippen LogP) is -0.454. The van der Waals surface area contributed by atoms with Crippen molar-refractivity contribution in [2.45, 2.75) is 45.4 Å². The fourth-order valence-corrected chi connectivity index (χ4v) is 0.880. The Morgan fingerprint density at radius 3 is 2.17 bits per heavy atom. The summed E-state index contributed by atoms with van der Waals surface area (Å²) < 4.78 is 0. The first-order chi connectivity index (χ1) is 4.77. The SMILES string of the molecule is CCCCCCCC(=O)O.[Co].[H-].[K+]. The molecule has 0 amide bonds. The largest absolute Gasteiger partial charge is 1.00 e. The number of aliphatic carboxylic acids is 1. The van der Waals surface area contributed by atoms with Gasteiger partial charge in [0.05, 0.1) is 0 Å². The van der Waals surface area contributed by atoms with Crippen LogP contribution in [0.3, 0.4) is 0 Å². The van der Waals surface area contributed by atoms with Gasteiger partial charge in [-0.3, -0.25) is 4.79 Å². The van der Waals surface area contributed by atoms with Gasteiger partial charge in [0.2, 0.25) is 0 Å². The first-order valence-electron chi connectivity index (χ1n) is 3.99. The van der Waals surface area contributed by atoms with E-state index in [2.05, 4.69) is 6.92 Å². The molecule has 0 aromatic rings. The van der Waals surface area contributed by atoms with Crippen LogP contribution in [0.2, 0.25) is 0 Å². The molecule has 12 heavy (non-hydrogen) atoms. The predicted molar refractivity (Wildman–Crippen MR) is 42.1 cm³/mol. The zero-order chi connectivity index (χ0) is 7.82. The molecule has 0 aliphatic heterocycles. The van der Waals surface area contributed by atoms with Crippen molar-refractivity contribution < 1.29 is 79.5 Å². The minimum atomic E-state index is -0.670. The van der Waals surface area contributed by atoms with E-state index in [1.165, 1.54) is 19.3 Å². The van der Waals surface area contributed by atoms with Gasteiger partial charge in [0.25, 0.3) is 0 Å². The van der Waals surface area contributed by atoms with Gasteiger partial charge in [-0.15, -0.1) is 0 Å².